The molecule has 0 bridgehead atoms. The molecule has 0 aliphatic rings. The monoisotopic (exact) mass is 348 g/mol. The molecule has 0 atom stereocenters. The Morgan fingerprint density at radius 2 is 1.96 bits per heavy atom. The van der Waals surface area contributed by atoms with Crippen molar-refractivity contribution in [2.24, 2.45) is 0 Å². The second-order valence-electron chi connectivity index (χ2n) is 5.16. The Labute approximate surface area is 139 Å². The number of nitrogens with zero attached hydrogens (tertiary/aromatic N) is 4. The van der Waals surface area contributed by atoms with Crippen LogP contribution in [0.15, 0.2) is 48.7 Å². The standard InChI is InChI=1S/C16H11F3N4O2/c17-16(18,19)11-5-3-4-10(8-11)9-23-14(12-6-1-2-7-20-12)13(15(24)25)21-22-23/h1-8H,9H2,(H,24,25). The minimum Gasteiger partial charge on any atom is -0.476 e. The van der Waals surface area contributed by atoms with Gasteiger partial charge < -0.3 is 5.11 Å². The second kappa shape index (κ2) is 6.34. The highest BCUT2D eigenvalue weighted by Crippen LogP contribution is 2.30. The number of aromatic carboxylic acids is 1. The highest BCUT2D eigenvalue weighted by atomic mass is 19.4. The molecule has 0 aliphatic heterocycles. The van der Waals surface area contributed by atoms with E-state index in [1.165, 1.54) is 23.0 Å². The summed E-state index contributed by atoms with van der Waals surface area (Å²) in [5.74, 6) is -1.30. The topological polar surface area (TPSA) is 80.9 Å². The average molecular weight is 348 g/mol. The van der Waals surface area contributed by atoms with Crippen molar-refractivity contribution in [3.63, 3.8) is 0 Å². The van der Waals surface area contributed by atoms with Crippen molar-refractivity contribution in [2.45, 2.75) is 12.7 Å². The van der Waals surface area contributed by atoms with Gasteiger partial charge in [-0.1, -0.05) is 23.4 Å². The van der Waals surface area contributed by atoms with Crippen LogP contribution in [0.1, 0.15) is 21.6 Å². The number of hydrogen-bond donors (Lipinski definition) is 1. The van der Waals surface area contributed by atoms with Gasteiger partial charge in [0.2, 0.25) is 0 Å². The van der Waals surface area contributed by atoms with Gasteiger partial charge in [0, 0.05) is 6.20 Å². The quantitative estimate of drug-likeness (QED) is 0.784. The molecule has 25 heavy (non-hydrogen) atoms. The van der Waals surface area contributed by atoms with Gasteiger partial charge >= 0.3 is 12.1 Å². The molecule has 128 valence electrons. The van der Waals surface area contributed by atoms with Crippen LogP contribution in [0.5, 0.6) is 0 Å². The Morgan fingerprint density at radius 3 is 2.60 bits per heavy atom. The number of pyridine rings is 1. The summed E-state index contributed by atoms with van der Waals surface area (Å²) in [6, 6.07) is 9.64. The van der Waals surface area contributed by atoms with Crippen molar-refractivity contribution in [1.29, 1.82) is 0 Å². The van der Waals surface area contributed by atoms with Crippen LogP contribution in [0.4, 0.5) is 13.2 Å². The van der Waals surface area contributed by atoms with Crippen molar-refractivity contribution in [1.82, 2.24) is 20.0 Å². The summed E-state index contributed by atoms with van der Waals surface area (Å²) in [7, 11) is 0. The average Bonchev–Trinajstić information content (AvgIpc) is 2.99. The fourth-order valence-electron chi connectivity index (χ4n) is 2.34. The molecule has 3 rings (SSSR count). The maximum absolute atomic E-state index is 12.8. The van der Waals surface area contributed by atoms with Gasteiger partial charge in [-0.3, -0.25) is 4.98 Å². The first-order valence-electron chi connectivity index (χ1n) is 7.10. The largest absolute Gasteiger partial charge is 0.476 e. The van der Waals surface area contributed by atoms with Crippen molar-refractivity contribution in [2.75, 3.05) is 0 Å². The first kappa shape index (κ1) is 16.6. The van der Waals surface area contributed by atoms with Crippen molar-refractivity contribution in [3.8, 4) is 11.4 Å². The van der Waals surface area contributed by atoms with E-state index in [0.29, 0.717) is 11.3 Å². The lowest BCUT2D eigenvalue weighted by atomic mass is 10.1. The van der Waals surface area contributed by atoms with E-state index >= 15 is 0 Å². The molecule has 0 unspecified atom stereocenters. The Balaban J connectivity index is 2.03. The van der Waals surface area contributed by atoms with E-state index < -0.39 is 17.7 Å². The molecule has 0 saturated heterocycles. The highest BCUT2D eigenvalue weighted by Gasteiger charge is 2.30. The highest BCUT2D eigenvalue weighted by molar-refractivity contribution is 5.92. The van der Waals surface area contributed by atoms with Gasteiger partial charge in [0.1, 0.15) is 5.69 Å². The predicted molar refractivity (Wildman–Crippen MR) is 80.8 cm³/mol. The molecular formula is C16H11F3N4O2. The maximum Gasteiger partial charge on any atom is 0.416 e. The minimum atomic E-state index is -4.46. The third-order valence-corrected chi connectivity index (χ3v) is 3.43. The molecule has 1 N–H and O–H groups in total. The van der Waals surface area contributed by atoms with Crippen molar-refractivity contribution < 1.29 is 23.1 Å². The number of hydrogen-bond acceptors (Lipinski definition) is 4. The summed E-state index contributed by atoms with van der Waals surface area (Å²) < 4.78 is 39.7. The molecule has 2 heterocycles. The van der Waals surface area contributed by atoms with Gasteiger partial charge in [-0.05, 0) is 29.8 Å². The molecule has 1 aromatic carbocycles. The third-order valence-electron chi connectivity index (χ3n) is 3.43. The molecule has 3 aromatic rings. The first-order chi connectivity index (χ1) is 11.9. The van der Waals surface area contributed by atoms with E-state index in [1.807, 2.05) is 0 Å². The molecule has 0 amide bonds. The van der Waals surface area contributed by atoms with Gasteiger partial charge in [-0.25, -0.2) is 9.48 Å². The van der Waals surface area contributed by atoms with Gasteiger partial charge in [0.15, 0.2) is 5.69 Å². The Kier molecular flexibility index (Phi) is 4.22. The van der Waals surface area contributed by atoms with Crippen LogP contribution < -0.4 is 0 Å². The fraction of sp³-hybridized carbons (Fsp3) is 0.125. The smallest absolute Gasteiger partial charge is 0.416 e. The summed E-state index contributed by atoms with van der Waals surface area (Å²) in [5, 5.41) is 16.6. The molecule has 9 heteroatoms. The van der Waals surface area contributed by atoms with Crippen LogP contribution in [-0.2, 0) is 12.7 Å². The van der Waals surface area contributed by atoms with Crippen LogP contribution in [0, 0.1) is 0 Å². The molecule has 0 radical (unpaired) electrons. The number of rotatable bonds is 4. The van der Waals surface area contributed by atoms with Crippen LogP contribution in [0.2, 0.25) is 0 Å². The molecule has 0 spiro atoms. The number of carbonyl (C=O) groups is 1. The third kappa shape index (κ3) is 3.49. The molecular weight excluding hydrogens is 337 g/mol. The maximum atomic E-state index is 12.8. The van der Waals surface area contributed by atoms with Crippen molar-refractivity contribution >= 4 is 5.97 Å². The predicted octanol–water partition coefficient (Wildman–Crippen LogP) is 3.11. The fourth-order valence-corrected chi connectivity index (χ4v) is 2.34. The Morgan fingerprint density at radius 1 is 1.16 bits per heavy atom. The number of benzene rings is 1. The van der Waals surface area contributed by atoms with Crippen LogP contribution in [-0.4, -0.2) is 31.1 Å². The van der Waals surface area contributed by atoms with Gasteiger partial charge in [-0.2, -0.15) is 13.2 Å². The van der Waals surface area contributed by atoms with E-state index in [4.69, 9.17) is 0 Å². The van der Waals surface area contributed by atoms with Gasteiger partial charge in [0.25, 0.3) is 0 Å². The lowest BCUT2D eigenvalue weighted by Crippen LogP contribution is -2.09. The van der Waals surface area contributed by atoms with E-state index in [2.05, 4.69) is 15.3 Å². The molecule has 0 aliphatic carbocycles. The summed E-state index contributed by atoms with van der Waals surface area (Å²) in [6.45, 7) is -0.0733. The Hall–Kier alpha value is -3.23. The van der Waals surface area contributed by atoms with E-state index in [1.54, 1.807) is 18.2 Å². The number of halogens is 3. The van der Waals surface area contributed by atoms with Crippen LogP contribution in [0.25, 0.3) is 11.4 Å². The van der Waals surface area contributed by atoms with Crippen molar-refractivity contribution in [3.05, 3.63) is 65.5 Å². The minimum absolute atomic E-state index is 0.0733. The molecule has 0 fully saturated rings. The van der Waals surface area contributed by atoms with Crippen LogP contribution in [0.3, 0.4) is 0 Å². The van der Waals surface area contributed by atoms with Crippen LogP contribution >= 0.6 is 0 Å². The lowest BCUT2D eigenvalue weighted by molar-refractivity contribution is -0.137. The van der Waals surface area contributed by atoms with Gasteiger partial charge in [0.05, 0.1) is 17.8 Å². The summed E-state index contributed by atoms with van der Waals surface area (Å²) >= 11 is 0. The number of carboxylic acids is 1. The number of carboxylic acid groups (broad SMARTS) is 1. The second-order valence-corrected chi connectivity index (χ2v) is 5.16. The Bertz CT molecular complexity index is 907. The zero-order valence-electron chi connectivity index (χ0n) is 12.6. The van der Waals surface area contributed by atoms with E-state index in [9.17, 15) is 23.1 Å². The zero-order chi connectivity index (χ0) is 18.0. The SMILES string of the molecule is O=C(O)c1nnn(Cc2cccc(C(F)(F)F)c2)c1-c1ccccn1. The zero-order valence-corrected chi connectivity index (χ0v) is 12.6. The van der Waals surface area contributed by atoms with E-state index in [0.717, 1.165) is 12.1 Å². The normalized spacial score (nSPS) is 11.5. The first-order valence-corrected chi connectivity index (χ1v) is 7.10. The molecule has 2 aromatic heterocycles. The molecule has 0 saturated carbocycles. The number of alkyl halides is 3. The molecule has 6 nitrogen and oxygen atoms in total. The van der Waals surface area contributed by atoms with Gasteiger partial charge in [-0.15, -0.1) is 5.10 Å². The lowest BCUT2D eigenvalue weighted by Gasteiger charge is -2.10. The summed E-state index contributed by atoms with van der Waals surface area (Å²) in [5.41, 5.74) is -0.343. The summed E-state index contributed by atoms with van der Waals surface area (Å²) in [4.78, 5) is 15.4. The summed E-state index contributed by atoms with van der Waals surface area (Å²) in [6.07, 6.45) is -2.99. The number of aromatic nitrogens is 4. The van der Waals surface area contributed by atoms with E-state index in [-0.39, 0.29) is 17.9 Å².